The molecule has 1 heterocycles. The lowest BCUT2D eigenvalue weighted by atomic mass is 9.70. The zero-order valence-corrected chi connectivity index (χ0v) is 14.2. The monoisotopic (exact) mass is 311 g/mol. The van der Waals surface area contributed by atoms with Gasteiger partial charge in [0.05, 0.1) is 12.2 Å². The number of hydrogen-bond acceptors (Lipinski definition) is 3. The molecule has 2 aliphatic carbocycles. The van der Waals surface area contributed by atoms with Crippen LogP contribution < -0.4 is 0 Å². The highest BCUT2D eigenvalue weighted by molar-refractivity contribution is 5.22. The lowest BCUT2D eigenvalue weighted by Gasteiger charge is -2.38. The largest absolute Gasteiger partial charge is 0.348 e. The fraction of sp³-hybridized carbons (Fsp3) is 0.650. The van der Waals surface area contributed by atoms with Gasteiger partial charge >= 0.3 is 0 Å². The number of hydrogen-bond donors (Lipinski definition) is 0. The molecule has 3 aliphatic rings. The number of ether oxygens (including phenoxy) is 2. The maximum Gasteiger partial charge on any atom is 0.172 e. The van der Waals surface area contributed by atoms with E-state index in [9.17, 15) is 5.26 Å². The fourth-order valence-corrected chi connectivity index (χ4v) is 5.53. The Bertz CT molecular complexity index is 635. The summed E-state index contributed by atoms with van der Waals surface area (Å²) in [6.07, 6.45) is 2.99. The Balaban J connectivity index is 1.50. The molecule has 0 N–H and O–H groups in total. The molecule has 1 saturated heterocycles. The molecular formula is C20H25NO2. The lowest BCUT2D eigenvalue weighted by Crippen LogP contribution is -2.38. The van der Waals surface area contributed by atoms with Gasteiger partial charge in [0.25, 0.3) is 0 Å². The molecule has 1 aromatic carbocycles. The summed E-state index contributed by atoms with van der Waals surface area (Å²) in [6.45, 7) is 7.20. The molecule has 3 fully saturated rings. The average Bonchev–Trinajstić information content (AvgIpc) is 3.11. The summed E-state index contributed by atoms with van der Waals surface area (Å²) in [5.74, 6) is 1.31. The summed E-state index contributed by atoms with van der Waals surface area (Å²) in [4.78, 5) is 0. The molecule has 1 aliphatic heterocycles. The summed E-state index contributed by atoms with van der Waals surface area (Å²) in [5.41, 5.74) is 1.50. The minimum absolute atomic E-state index is 0.245. The van der Waals surface area contributed by atoms with Crippen LogP contribution in [0.15, 0.2) is 30.3 Å². The van der Waals surface area contributed by atoms with E-state index in [-0.39, 0.29) is 17.8 Å². The number of rotatable bonds is 3. The Kier molecular flexibility index (Phi) is 3.34. The van der Waals surface area contributed by atoms with Crippen molar-refractivity contribution in [3.63, 3.8) is 0 Å². The first-order valence-corrected chi connectivity index (χ1v) is 8.73. The Morgan fingerprint density at radius 1 is 1.26 bits per heavy atom. The predicted octanol–water partition coefficient (Wildman–Crippen LogP) is 4.46. The van der Waals surface area contributed by atoms with Crippen molar-refractivity contribution < 1.29 is 9.47 Å². The third kappa shape index (κ3) is 2.01. The maximum atomic E-state index is 9.46. The van der Waals surface area contributed by atoms with Gasteiger partial charge in [-0.25, -0.2) is 0 Å². The molecule has 0 unspecified atom stereocenters. The fourth-order valence-electron chi connectivity index (χ4n) is 5.53. The highest BCUT2D eigenvalue weighted by Gasteiger charge is 2.69. The minimum Gasteiger partial charge on any atom is -0.348 e. The van der Waals surface area contributed by atoms with Crippen LogP contribution in [0.2, 0.25) is 0 Å². The Labute approximate surface area is 138 Å². The van der Waals surface area contributed by atoms with Crippen molar-refractivity contribution in [2.75, 3.05) is 0 Å². The Morgan fingerprint density at radius 2 is 2.00 bits per heavy atom. The SMILES string of the molecule is CC1(C)[C@@H]2CC[C@@]1(C)[C@@H]1O[C@@H](O[C@H](C#N)c3ccccc3)C[C@H]21. The van der Waals surface area contributed by atoms with Crippen molar-refractivity contribution in [1.82, 2.24) is 0 Å². The minimum atomic E-state index is -0.543. The maximum absolute atomic E-state index is 9.46. The highest BCUT2D eigenvalue weighted by atomic mass is 16.7. The number of fused-ring (bicyclic) bond motifs is 5. The Morgan fingerprint density at radius 3 is 2.65 bits per heavy atom. The third-order valence-electron chi connectivity index (χ3n) is 7.18. The van der Waals surface area contributed by atoms with Crippen LogP contribution in [0.25, 0.3) is 0 Å². The van der Waals surface area contributed by atoms with E-state index in [4.69, 9.17) is 9.47 Å². The quantitative estimate of drug-likeness (QED) is 0.828. The van der Waals surface area contributed by atoms with Crippen molar-refractivity contribution in [3.8, 4) is 6.07 Å². The molecule has 3 nitrogen and oxygen atoms in total. The second kappa shape index (κ2) is 5.06. The van der Waals surface area contributed by atoms with Crippen molar-refractivity contribution in [1.29, 1.82) is 5.26 Å². The molecular weight excluding hydrogens is 286 g/mol. The standard InChI is InChI=1S/C20H25NO2/c1-19(2)15-9-10-20(19,3)18-14(15)11-17(23-18)22-16(12-21)13-7-5-4-6-8-13/h4-8,14-18H,9-11H2,1-3H3/t14-,15-,16-,17-,18-,20+/m1/s1. The van der Waals surface area contributed by atoms with Gasteiger partial charge in [0.1, 0.15) is 0 Å². The number of nitrogens with zero attached hydrogens (tertiary/aromatic N) is 1. The number of nitriles is 1. The summed E-state index contributed by atoms with van der Waals surface area (Å²) >= 11 is 0. The van der Waals surface area contributed by atoms with Gasteiger partial charge in [0.2, 0.25) is 0 Å². The van der Waals surface area contributed by atoms with Crippen molar-refractivity contribution in [2.45, 2.75) is 58.5 Å². The van der Waals surface area contributed by atoms with Gasteiger partial charge < -0.3 is 9.47 Å². The second-order valence-corrected chi connectivity index (χ2v) is 8.23. The molecule has 6 atom stereocenters. The topological polar surface area (TPSA) is 42.2 Å². The predicted molar refractivity (Wildman–Crippen MR) is 87.3 cm³/mol. The first kappa shape index (κ1) is 15.2. The molecule has 2 bridgehead atoms. The summed E-state index contributed by atoms with van der Waals surface area (Å²) in [6, 6.07) is 12.0. The van der Waals surface area contributed by atoms with Crippen LogP contribution in [0.5, 0.6) is 0 Å². The van der Waals surface area contributed by atoms with Crippen LogP contribution in [0.3, 0.4) is 0 Å². The molecule has 0 spiro atoms. The zero-order valence-electron chi connectivity index (χ0n) is 14.2. The molecule has 122 valence electrons. The van der Waals surface area contributed by atoms with Gasteiger partial charge in [-0.3, -0.25) is 0 Å². The molecule has 0 radical (unpaired) electrons. The lowest BCUT2D eigenvalue weighted by molar-refractivity contribution is -0.177. The summed E-state index contributed by atoms with van der Waals surface area (Å²) in [7, 11) is 0. The van der Waals surface area contributed by atoms with Gasteiger partial charge in [0, 0.05) is 6.42 Å². The van der Waals surface area contributed by atoms with Crippen LogP contribution in [-0.4, -0.2) is 12.4 Å². The molecule has 4 rings (SSSR count). The van der Waals surface area contributed by atoms with Crippen molar-refractivity contribution in [2.24, 2.45) is 22.7 Å². The second-order valence-electron chi connectivity index (χ2n) is 8.23. The van der Waals surface area contributed by atoms with Crippen LogP contribution in [0.4, 0.5) is 0 Å². The van der Waals surface area contributed by atoms with E-state index in [0.717, 1.165) is 17.9 Å². The van der Waals surface area contributed by atoms with Gasteiger partial charge in [-0.2, -0.15) is 5.26 Å². The van der Waals surface area contributed by atoms with E-state index in [1.54, 1.807) is 0 Å². The molecule has 23 heavy (non-hydrogen) atoms. The third-order valence-corrected chi connectivity index (χ3v) is 7.18. The van der Waals surface area contributed by atoms with Crippen LogP contribution in [-0.2, 0) is 9.47 Å². The van der Waals surface area contributed by atoms with E-state index in [2.05, 4.69) is 26.8 Å². The zero-order chi connectivity index (χ0) is 16.2. The smallest absolute Gasteiger partial charge is 0.172 e. The van der Waals surface area contributed by atoms with Crippen LogP contribution in [0, 0.1) is 34.0 Å². The van der Waals surface area contributed by atoms with Gasteiger partial charge in [-0.15, -0.1) is 0 Å². The van der Waals surface area contributed by atoms with E-state index in [0.29, 0.717) is 11.3 Å². The van der Waals surface area contributed by atoms with Crippen molar-refractivity contribution in [3.05, 3.63) is 35.9 Å². The van der Waals surface area contributed by atoms with E-state index in [1.807, 2.05) is 30.3 Å². The van der Waals surface area contributed by atoms with Crippen molar-refractivity contribution >= 4 is 0 Å². The number of benzene rings is 1. The van der Waals surface area contributed by atoms with E-state index < -0.39 is 6.10 Å². The first-order chi connectivity index (χ1) is 11.0. The van der Waals surface area contributed by atoms with Crippen LogP contribution >= 0.6 is 0 Å². The van der Waals surface area contributed by atoms with Crippen LogP contribution in [0.1, 0.15) is 51.7 Å². The normalized spacial score (nSPS) is 41.5. The average molecular weight is 311 g/mol. The van der Waals surface area contributed by atoms with Gasteiger partial charge in [-0.05, 0) is 41.1 Å². The molecule has 2 saturated carbocycles. The highest BCUT2D eigenvalue weighted by Crippen LogP contribution is 2.71. The summed E-state index contributed by atoms with van der Waals surface area (Å²) in [5, 5.41) is 9.46. The summed E-state index contributed by atoms with van der Waals surface area (Å²) < 4.78 is 12.4. The van der Waals surface area contributed by atoms with E-state index >= 15 is 0 Å². The van der Waals surface area contributed by atoms with E-state index in [1.165, 1.54) is 12.8 Å². The molecule has 3 heteroatoms. The first-order valence-electron chi connectivity index (χ1n) is 8.73. The molecule has 0 aromatic heterocycles. The van der Waals surface area contributed by atoms with Gasteiger partial charge in [0.15, 0.2) is 12.4 Å². The van der Waals surface area contributed by atoms with Gasteiger partial charge in [-0.1, -0.05) is 51.1 Å². The Hall–Kier alpha value is -1.37. The molecule has 1 aromatic rings. The molecule has 0 amide bonds.